The largest absolute Gasteiger partial charge is 1.00 e. The van der Waals surface area contributed by atoms with Crippen molar-refractivity contribution in [1.29, 1.82) is 0 Å². The molecule has 3 rings (SSSR count). The topological polar surface area (TPSA) is 34.1 Å². The third kappa shape index (κ3) is 4.25. The fraction of sp³-hybridized carbons (Fsp3) is 0.250. The molecule has 1 aromatic rings. The molecule has 6 heteroatoms. The van der Waals surface area contributed by atoms with Gasteiger partial charge in [0, 0.05) is 0 Å². The maximum absolute atomic E-state index is 11.4. The summed E-state index contributed by atoms with van der Waals surface area (Å²) in [7, 11) is -2.18. The van der Waals surface area contributed by atoms with E-state index in [0.717, 1.165) is 17.6 Å². The third-order valence-corrected chi connectivity index (χ3v) is 9.74. The number of rotatable bonds is 4. The number of benzene rings is 1. The molecule has 1 aromatic carbocycles. The van der Waals surface area contributed by atoms with Crippen molar-refractivity contribution in [3.63, 3.8) is 0 Å². The van der Waals surface area contributed by atoms with Crippen LogP contribution in [0.1, 0.15) is 32.8 Å². The van der Waals surface area contributed by atoms with Gasteiger partial charge in [-0.1, -0.05) is 0 Å². The molecule has 2 aliphatic rings. The number of allylic oxidation sites excluding steroid dienone is 8. The van der Waals surface area contributed by atoms with Crippen molar-refractivity contribution >= 4 is 15.7 Å². The monoisotopic (exact) mass is 484 g/mol. The molecule has 2 aliphatic carbocycles. The Morgan fingerprint density at radius 2 is 1.77 bits per heavy atom. The molecule has 0 N–H and O–H groups in total. The predicted octanol–water partition coefficient (Wildman–Crippen LogP) is -1.84. The van der Waals surface area contributed by atoms with Crippen LogP contribution in [0, 0.1) is 0 Å². The second-order valence-corrected chi connectivity index (χ2v) is 10.5. The van der Waals surface area contributed by atoms with Gasteiger partial charge in [-0.05, 0) is 0 Å². The molecule has 26 heavy (non-hydrogen) atoms. The summed E-state index contributed by atoms with van der Waals surface area (Å²) in [5, 5.41) is 1.42. The van der Waals surface area contributed by atoms with Crippen molar-refractivity contribution in [2.24, 2.45) is 0 Å². The van der Waals surface area contributed by atoms with Crippen LogP contribution in [0.2, 0.25) is 0 Å². The van der Waals surface area contributed by atoms with E-state index in [-0.39, 0.29) is 30.2 Å². The van der Waals surface area contributed by atoms with Gasteiger partial charge in [0.15, 0.2) is 0 Å². The SMILES string of the molecule is CC1=C(C)C(C)(c2ccccc2)[C]([Zr+2][C]2=CC=CC2)=C1C=S(=O)=O.[Cl-].[Cl-]. The number of halogens is 2. The first-order valence-electron chi connectivity index (χ1n) is 7.99. The standard InChI is InChI=1S/C15H15O2S.C5H5.2ClH.Zr/c1-11-12(2)15(3,9-13(11)10-18(16)17)14-7-5-4-6-8-14;1-2-4-5-3-1;;;/h4-8,10H,1-3H3;1-3H,4H2;2*1H;/q;;;;+2/p-2. The summed E-state index contributed by atoms with van der Waals surface area (Å²) in [5.74, 6) is 0. The first-order chi connectivity index (χ1) is 11.4. The Morgan fingerprint density at radius 1 is 1.12 bits per heavy atom. The summed E-state index contributed by atoms with van der Waals surface area (Å²) in [6.45, 7) is 6.47. The van der Waals surface area contributed by atoms with E-state index < -0.39 is 33.5 Å². The zero-order valence-corrected chi connectivity index (χ0v) is 19.7. The summed E-state index contributed by atoms with van der Waals surface area (Å²) in [6, 6.07) is 10.5. The van der Waals surface area contributed by atoms with Gasteiger partial charge in [-0.2, -0.15) is 0 Å². The molecule has 0 heterocycles. The smallest absolute Gasteiger partial charge is 1.00 e. The van der Waals surface area contributed by atoms with Crippen LogP contribution in [0.4, 0.5) is 0 Å². The molecular formula is C20H20Cl2O2SZr. The number of hydrogen-bond acceptors (Lipinski definition) is 2. The maximum atomic E-state index is 11.4. The van der Waals surface area contributed by atoms with Crippen LogP contribution < -0.4 is 24.8 Å². The molecule has 0 radical (unpaired) electrons. The van der Waals surface area contributed by atoms with E-state index in [2.05, 4.69) is 63.3 Å². The van der Waals surface area contributed by atoms with Crippen molar-refractivity contribution < 1.29 is 56.5 Å². The molecule has 0 bridgehead atoms. The van der Waals surface area contributed by atoms with Gasteiger partial charge in [0.1, 0.15) is 0 Å². The normalized spacial score (nSPS) is 21.0. The molecule has 0 aromatic heterocycles. The van der Waals surface area contributed by atoms with Crippen molar-refractivity contribution in [3.05, 3.63) is 77.4 Å². The van der Waals surface area contributed by atoms with E-state index in [4.69, 9.17) is 0 Å². The summed E-state index contributed by atoms with van der Waals surface area (Å²) in [5.41, 5.74) is 4.41. The van der Waals surface area contributed by atoms with Gasteiger partial charge in [-0.3, -0.25) is 0 Å². The predicted molar refractivity (Wildman–Crippen MR) is 96.0 cm³/mol. The van der Waals surface area contributed by atoms with Crippen molar-refractivity contribution in [3.8, 4) is 0 Å². The Kier molecular flexibility index (Phi) is 8.54. The molecule has 136 valence electrons. The van der Waals surface area contributed by atoms with Crippen molar-refractivity contribution in [2.45, 2.75) is 32.6 Å². The summed E-state index contributed by atoms with van der Waals surface area (Å²) in [4.78, 5) is 0. The van der Waals surface area contributed by atoms with E-state index in [1.54, 1.807) is 0 Å². The van der Waals surface area contributed by atoms with Gasteiger partial charge in [0.05, 0.1) is 0 Å². The van der Waals surface area contributed by atoms with Gasteiger partial charge >= 0.3 is 157 Å². The molecule has 1 atom stereocenters. The fourth-order valence-electron chi connectivity index (χ4n) is 3.49. The minimum absolute atomic E-state index is 0. The summed E-state index contributed by atoms with van der Waals surface area (Å²) in [6.07, 6.45) is 7.55. The van der Waals surface area contributed by atoms with E-state index >= 15 is 0 Å². The van der Waals surface area contributed by atoms with Crippen LogP contribution in [0.5, 0.6) is 0 Å². The quantitative estimate of drug-likeness (QED) is 0.469. The Hall–Kier alpha value is -0.667. The zero-order valence-electron chi connectivity index (χ0n) is 14.9. The Bertz CT molecular complexity index is 933. The van der Waals surface area contributed by atoms with Crippen molar-refractivity contribution in [1.82, 2.24) is 0 Å². The van der Waals surface area contributed by atoms with Crippen LogP contribution in [-0.2, 0) is 38.9 Å². The molecule has 2 nitrogen and oxygen atoms in total. The molecule has 0 aliphatic heterocycles. The Balaban J connectivity index is 0.00000169. The maximum Gasteiger partial charge on any atom is -1.00 e. The molecule has 0 saturated heterocycles. The Morgan fingerprint density at radius 3 is 2.31 bits per heavy atom. The second kappa shape index (κ2) is 9.51. The molecule has 0 fully saturated rings. The Labute approximate surface area is 181 Å². The molecular weight excluding hydrogens is 466 g/mol. The molecule has 0 spiro atoms. The summed E-state index contributed by atoms with van der Waals surface area (Å²) >= 11 is -1.04. The molecule has 0 amide bonds. The average Bonchev–Trinajstić information content (AvgIpc) is 3.14. The van der Waals surface area contributed by atoms with E-state index in [1.807, 2.05) is 6.07 Å². The van der Waals surface area contributed by atoms with E-state index in [1.165, 1.54) is 23.1 Å². The van der Waals surface area contributed by atoms with Gasteiger partial charge in [-0.15, -0.1) is 0 Å². The minimum atomic E-state index is -2.18. The van der Waals surface area contributed by atoms with Gasteiger partial charge < -0.3 is 24.8 Å². The first-order valence-corrected chi connectivity index (χ1v) is 11.6. The van der Waals surface area contributed by atoms with Gasteiger partial charge in [-0.25, -0.2) is 0 Å². The second-order valence-electron chi connectivity index (χ2n) is 6.36. The molecule has 1 unspecified atom stereocenters. The van der Waals surface area contributed by atoms with E-state index in [9.17, 15) is 8.42 Å². The van der Waals surface area contributed by atoms with Gasteiger partial charge in [0.2, 0.25) is 0 Å². The number of hydrogen-bond donors (Lipinski definition) is 0. The van der Waals surface area contributed by atoms with Crippen LogP contribution in [0.3, 0.4) is 0 Å². The third-order valence-electron chi connectivity index (χ3n) is 5.11. The fourth-order valence-corrected chi connectivity index (χ4v) is 8.40. The summed E-state index contributed by atoms with van der Waals surface area (Å²) < 4.78 is 25.7. The minimum Gasteiger partial charge on any atom is -1.00 e. The zero-order chi connectivity index (χ0) is 17.3. The van der Waals surface area contributed by atoms with Crippen LogP contribution >= 0.6 is 0 Å². The van der Waals surface area contributed by atoms with Crippen LogP contribution in [0.25, 0.3) is 0 Å². The van der Waals surface area contributed by atoms with E-state index in [0.29, 0.717) is 0 Å². The van der Waals surface area contributed by atoms with Crippen LogP contribution in [-0.4, -0.2) is 13.8 Å². The average molecular weight is 487 g/mol. The molecule has 0 saturated carbocycles. The van der Waals surface area contributed by atoms with Crippen molar-refractivity contribution in [2.75, 3.05) is 0 Å². The first kappa shape index (κ1) is 23.4. The van der Waals surface area contributed by atoms with Gasteiger partial charge in [0.25, 0.3) is 0 Å². The van der Waals surface area contributed by atoms with Crippen LogP contribution in [0.15, 0.2) is 71.8 Å².